The number of hydrogen-bond acceptors (Lipinski definition) is 5. The van der Waals surface area contributed by atoms with E-state index in [1.165, 1.54) is 23.8 Å². The van der Waals surface area contributed by atoms with E-state index in [0.29, 0.717) is 22.4 Å². The molecule has 0 aliphatic heterocycles. The molecule has 28 heavy (non-hydrogen) atoms. The highest BCUT2D eigenvalue weighted by atomic mass is 32.2. The number of hydrogen-bond donors (Lipinski definition) is 1. The first-order valence-corrected chi connectivity index (χ1v) is 10.1. The Morgan fingerprint density at radius 1 is 1.11 bits per heavy atom. The average Bonchev–Trinajstić information content (AvgIpc) is 2.65. The molecule has 146 valence electrons. The fourth-order valence-electron chi connectivity index (χ4n) is 3.00. The molecular formula is C20H20N2O5S. The molecule has 0 spiro atoms. The molecule has 0 radical (unpaired) electrons. The van der Waals surface area contributed by atoms with Crippen molar-refractivity contribution in [2.45, 2.75) is 12.7 Å². The minimum Gasteiger partial charge on any atom is -0.465 e. The molecule has 2 aromatic carbocycles. The summed E-state index contributed by atoms with van der Waals surface area (Å²) in [5.41, 5.74) is 2.52. The summed E-state index contributed by atoms with van der Waals surface area (Å²) in [5.74, 6) is -0.716. The SMILES string of the molecule is COC(=O)c1ccc(CS(=O)(=O)Nc2ccc3c(c2)cc(C)c(=O)n3C)cc1. The molecule has 0 aliphatic carbocycles. The molecule has 0 saturated heterocycles. The highest BCUT2D eigenvalue weighted by Gasteiger charge is 2.14. The van der Waals surface area contributed by atoms with Crippen molar-refractivity contribution in [1.29, 1.82) is 0 Å². The third kappa shape index (κ3) is 4.07. The van der Waals surface area contributed by atoms with Gasteiger partial charge < -0.3 is 9.30 Å². The van der Waals surface area contributed by atoms with Gasteiger partial charge >= 0.3 is 5.97 Å². The van der Waals surface area contributed by atoms with E-state index in [-0.39, 0.29) is 11.3 Å². The van der Waals surface area contributed by atoms with Gasteiger partial charge in [-0.25, -0.2) is 13.2 Å². The van der Waals surface area contributed by atoms with Crippen LogP contribution in [0.5, 0.6) is 0 Å². The quantitative estimate of drug-likeness (QED) is 0.664. The van der Waals surface area contributed by atoms with Crippen molar-refractivity contribution in [3.63, 3.8) is 0 Å². The van der Waals surface area contributed by atoms with Crippen LogP contribution in [0.15, 0.2) is 53.3 Å². The Bertz CT molecular complexity index is 1210. The van der Waals surface area contributed by atoms with E-state index in [1.807, 2.05) is 0 Å². The van der Waals surface area contributed by atoms with Gasteiger partial charge in [0.1, 0.15) is 0 Å². The largest absolute Gasteiger partial charge is 0.465 e. The van der Waals surface area contributed by atoms with Crippen LogP contribution >= 0.6 is 0 Å². The lowest BCUT2D eigenvalue weighted by atomic mass is 10.1. The monoisotopic (exact) mass is 400 g/mol. The molecule has 1 aromatic heterocycles. The summed E-state index contributed by atoms with van der Waals surface area (Å²) >= 11 is 0. The Morgan fingerprint density at radius 3 is 2.43 bits per heavy atom. The third-order valence-electron chi connectivity index (χ3n) is 4.41. The van der Waals surface area contributed by atoms with E-state index >= 15 is 0 Å². The van der Waals surface area contributed by atoms with E-state index in [1.54, 1.807) is 50.4 Å². The zero-order valence-electron chi connectivity index (χ0n) is 15.7. The van der Waals surface area contributed by atoms with Crippen molar-refractivity contribution in [2.75, 3.05) is 11.8 Å². The first-order valence-electron chi connectivity index (χ1n) is 8.48. The van der Waals surface area contributed by atoms with Crippen LogP contribution in [0.3, 0.4) is 0 Å². The Morgan fingerprint density at radius 2 is 1.79 bits per heavy atom. The maximum atomic E-state index is 12.5. The fourth-order valence-corrected chi connectivity index (χ4v) is 4.19. The molecule has 0 unspecified atom stereocenters. The lowest BCUT2D eigenvalue weighted by Crippen LogP contribution is -2.19. The summed E-state index contributed by atoms with van der Waals surface area (Å²) in [6, 6.07) is 13.0. The van der Waals surface area contributed by atoms with Gasteiger partial charge in [0.2, 0.25) is 10.0 Å². The van der Waals surface area contributed by atoms with Gasteiger partial charge in [0.05, 0.1) is 23.9 Å². The Hall–Kier alpha value is -3.13. The number of aromatic nitrogens is 1. The number of nitrogens with one attached hydrogen (secondary N) is 1. The van der Waals surface area contributed by atoms with Gasteiger partial charge in [-0.1, -0.05) is 12.1 Å². The van der Waals surface area contributed by atoms with Crippen molar-refractivity contribution >= 4 is 32.6 Å². The number of fused-ring (bicyclic) bond motifs is 1. The van der Waals surface area contributed by atoms with Gasteiger partial charge in [0, 0.05) is 23.7 Å². The summed E-state index contributed by atoms with van der Waals surface area (Å²) in [7, 11) is -0.693. The second-order valence-electron chi connectivity index (χ2n) is 6.51. The Balaban J connectivity index is 1.83. The number of methoxy groups -OCH3 is 1. The first kappa shape index (κ1) is 19.6. The van der Waals surface area contributed by atoms with Crippen LogP contribution in [0.25, 0.3) is 10.9 Å². The van der Waals surface area contributed by atoms with Gasteiger partial charge in [0.25, 0.3) is 5.56 Å². The molecule has 0 aliphatic rings. The Labute approximate surface area is 162 Å². The number of rotatable bonds is 5. The average molecular weight is 400 g/mol. The topological polar surface area (TPSA) is 94.5 Å². The van der Waals surface area contributed by atoms with Crippen molar-refractivity contribution in [2.24, 2.45) is 7.05 Å². The number of carbonyl (C=O) groups excluding carboxylic acids is 1. The highest BCUT2D eigenvalue weighted by Crippen LogP contribution is 2.20. The predicted molar refractivity (Wildman–Crippen MR) is 108 cm³/mol. The van der Waals surface area contributed by atoms with Crippen molar-refractivity contribution in [1.82, 2.24) is 4.57 Å². The van der Waals surface area contributed by atoms with E-state index < -0.39 is 16.0 Å². The molecule has 1 heterocycles. The van der Waals surface area contributed by atoms with Crippen molar-refractivity contribution < 1.29 is 17.9 Å². The standard InChI is InChI=1S/C20H20N2O5S/c1-13-10-16-11-17(8-9-18(16)22(2)19(13)23)21-28(25,26)12-14-4-6-15(7-5-14)20(24)27-3/h4-11,21H,12H2,1-3H3. The zero-order chi connectivity index (χ0) is 20.5. The van der Waals surface area contributed by atoms with Gasteiger partial charge in [-0.2, -0.15) is 0 Å². The molecule has 0 fully saturated rings. The van der Waals surface area contributed by atoms with Crippen LogP contribution in [0, 0.1) is 6.92 Å². The second-order valence-corrected chi connectivity index (χ2v) is 8.24. The summed E-state index contributed by atoms with van der Waals surface area (Å²) in [6.45, 7) is 1.72. The zero-order valence-corrected chi connectivity index (χ0v) is 16.5. The molecule has 8 heteroatoms. The van der Waals surface area contributed by atoms with Crippen LogP contribution in [-0.4, -0.2) is 26.1 Å². The lowest BCUT2D eigenvalue weighted by Gasteiger charge is -2.11. The lowest BCUT2D eigenvalue weighted by molar-refractivity contribution is 0.0600. The number of ether oxygens (including phenoxy) is 1. The van der Waals surface area contributed by atoms with Crippen LogP contribution in [0.4, 0.5) is 5.69 Å². The number of anilines is 1. The minimum absolute atomic E-state index is 0.0868. The molecular weight excluding hydrogens is 380 g/mol. The van der Waals surface area contributed by atoms with Crippen LogP contribution < -0.4 is 10.3 Å². The summed E-state index contributed by atoms with van der Waals surface area (Å²) in [4.78, 5) is 23.5. The molecule has 0 saturated carbocycles. The number of nitrogens with zero attached hydrogens (tertiary/aromatic N) is 1. The van der Waals surface area contributed by atoms with Gasteiger partial charge in [-0.3, -0.25) is 9.52 Å². The van der Waals surface area contributed by atoms with Crippen LogP contribution in [-0.2, 0) is 27.6 Å². The smallest absolute Gasteiger partial charge is 0.337 e. The summed E-state index contributed by atoms with van der Waals surface area (Å²) < 4.78 is 33.7. The van der Waals surface area contributed by atoms with Crippen molar-refractivity contribution in [3.8, 4) is 0 Å². The molecule has 0 amide bonds. The van der Waals surface area contributed by atoms with Gasteiger partial charge in [-0.05, 0) is 48.9 Å². The molecule has 3 rings (SSSR count). The van der Waals surface area contributed by atoms with E-state index in [0.717, 1.165) is 10.9 Å². The van der Waals surface area contributed by atoms with Gasteiger partial charge in [0.15, 0.2) is 0 Å². The first-order chi connectivity index (χ1) is 13.2. The van der Waals surface area contributed by atoms with E-state index in [9.17, 15) is 18.0 Å². The maximum Gasteiger partial charge on any atom is 0.337 e. The molecule has 0 bridgehead atoms. The number of aryl methyl sites for hydroxylation is 2. The van der Waals surface area contributed by atoms with Crippen LogP contribution in [0.2, 0.25) is 0 Å². The molecule has 0 atom stereocenters. The number of esters is 1. The summed E-state index contributed by atoms with van der Waals surface area (Å²) in [6.07, 6.45) is 0. The van der Waals surface area contributed by atoms with Gasteiger partial charge in [-0.15, -0.1) is 0 Å². The highest BCUT2D eigenvalue weighted by molar-refractivity contribution is 7.91. The number of carbonyl (C=O) groups is 1. The van der Waals surface area contributed by atoms with E-state index in [2.05, 4.69) is 9.46 Å². The second kappa shape index (κ2) is 7.47. The molecule has 3 aromatic rings. The maximum absolute atomic E-state index is 12.5. The number of sulfonamides is 1. The fraction of sp³-hybridized carbons (Fsp3) is 0.200. The number of benzene rings is 2. The van der Waals surface area contributed by atoms with E-state index in [4.69, 9.17) is 0 Å². The summed E-state index contributed by atoms with van der Waals surface area (Å²) in [5, 5.41) is 0.766. The number of pyridine rings is 1. The van der Waals surface area contributed by atoms with Crippen molar-refractivity contribution in [3.05, 3.63) is 75.6 Å². The third-order valence-corrected chi connectivity index (χ3v) is 5.67. The predicted octanol–water partition coefficient (Wildman–Crippen LogP) is 2.58. The van der Waals surface area contributed by atoms with Crippen LogP contribution in [0.1, 0.15) is 21.5 Å². The minimum atomic E-state index is -3.66. The Kier molecular flexibility index (Phi) is 5.24. The normalized spacial score (nSPS) is 11.4. The molecule has 1 N–H and O–H groups in total. The molecule has 7 nitrogen and oxygen atoms in total.